The fourth-order valence-corrected chi connectivity index (χ4v) is 8.98. The van der Waals surface area contributed by atoms with E-state index in [4.69, 9.17) is 55.9 Å². The molecular weight excluding hydrogens is 1050 g/mol. The Hall–Kier alpha value is -8.66. The van der Waals surface area contributed by atoms with E-state index < -0.39 is 35.3 Å². The van der Waals surface area contributed by atoms with Crippen molar-refractivity contribution in [1.29, 1.82) is 0 Å². The minimum absolute atomic E-state index is 0.0159. The number of fused-ring (bicyclic) bond motifs is 2. The summed E-state index contributed by atoms with van der Waals surface area (Å²) in [6, 6.07) is 42.5. The molecule has 0 bridgehead atoms. The summed E-state index contributed by atoms with van der Waals surface area (Å²) >= 11 is 24.8. The number of carbonyl (C=O) groups excluding carboxylic acids is 4. The van der Waals surface area contributed by atoms with Crippen molar-refractivity contribution in [3.63, 3.8) is 0 Å². The lowest BCUT2D eigenvalue weighted by Gasteiger charge is -2.13. The number of halogens is 4. The van der Waals surface area contributed by atoms with Crippen LogP contribution in [0.2, 0.25) is 20.1 Å². The molecule has 0 aromatic heterocycles. The molecule has 0 saturated carbocycles. The largest absolute Gasteiger partial charge is 0.505 e. The molecule has 0 unspecified atom stereocenters. The van der Waals surface area contributed by atoms with Gasteiger partial charge in [-0.15, -0.1) is 10.2 Å². The maximum atomic E-state index is 13.9. The van der Waals surface area contributed by atoms with Crippen LogP contribution in [0.4, 0.5) is 34.1 Å². The zero-order chi connectivity index (χ0) is 53.6. The summed E-state index contributed by atoms with van der Waals surface area (Å²) in [5, 5.41) is 49.5. The molecule has 0 atom stereocenters. The van der Waals surface area contributed by atoms with E-state index in [0.717, 1.165) is 0 Å². The van der Waals surface area contributed by atoms with Gasteiger partial charge >= 0.3 is 11.9 Å². The number of esters is 2. The number of ether oxygens (including phenoxy) is 2. The number of anilines is 2. The van der Waals surface area contributed by atoms with Gasteiger partial charge in [-0.3, -0.25) is 9.59 Å². The number of amides is 2. The topological polar surface area (TPSA) is 201 Å². The Morgan fingerprint density at radius 3 is 1.24 bits per heavy atom. The molecule has 4 N–H and O–H groups in total. The lowest BCUT2D eigenvalue weighted by Crippen LogP contribution is -2.13. The van der Waals surface area contributed by atoms with Gasteiger partial charge in [0.2, 0.25) is 0 Å². The average molecular weight is 1090 g/mol. The van der Waals surface area contributed by atoms with E-state index in [0.29, 0.717) is 68.3 Å². The minimum atomic E-state index is -0.685. The van der Waals surface area contributed by atoms with Crippen LogP contribution < -0.4 is 20.1 Å². The summed E-state index contributed by atoms with van der Waals surface area (Å²) in [5.74, 6) is -3.41. The number of nitrogens with zero attached hydrogens (tertiary/aromatic N) is 4. The average Bonchev–Trinajstić information content (AvgIpc) is 3.43. The van der Waals surface area contributed by atoms with Gasteiger partial charge in [0.25, 0.3) is 11.8 Å². The summed E-state index contributed by atoms with van der Waals surface area (Å²) < 4.78 is 11.2. The second-order valence-electron chi connectivity index (χ2n) is 16.8. The molecule has 0 spiro atoms. The molecule has 378 valence electrons. The van der Waals surface area contributed by atoms with Crippen LogP contribution in [0.3, 0.4) is 0 Å². The van der Waals surface area contributed by atoms with Gasteiger partial charge < -0.3 is 30.3 Å². The van der Waals surface area contributed by atoms with Gasteiger partial charge in [-0.2, -0.15) is 10.2 Å². The molecule has 76 heavy (non-hydrogen) atoms. The molecule has 0 aliphatic heterocycles. The highest BCUT2D eigenvalue weighted by Crippen LogP contribution is 2.43. The van der Waals surface area contributed by atoms with Crippen LogP contribution in [0.15, 0.2) is 178 Å². The molecule has 0 heterocycles. The van der Waals surface area contributed by atoms with Crippen LogP contribution in [0, 0.1) is 0 Å². The third kappa shape index (κ3) is 10.9. The Morgan fingerprint density at radius 1 is 0.461 bits per heavy atom. The molecule has 0 fully saturated rings. The monoisotopic (exact) mass is 1090 g/mol. The van der Waals surface area contributed by atoms with Gasteiger partial charge in [0.1, 0.15) is 21.4 Å². The molecule has 18 heteroatoms. The SMILES string of the molecule is CCc1c(N=Nc2c(O)c(C(=O)Nc3ccc(NC(=O)c4cc5ccccc5c(N=Nc5cccc(C(=O)Oc6cccc(Cl)c6Cl)c5CC)c4O)cc3)cc3ccccc23)cccc1C(=O)Oc1cccc(Cl)c1Cl. The van der Waals surface area contributed by atoms with E-state index in [1.807, 2.05) is 13.8 Å². The number of carbonyl (C=O) groups is 4. The van der Waals surface area contributed by atoms with Crippen molar-refractivity contribution in [2.24, 2.45) is 20.5 Å². The van der Waals surface area contributed by atoms with E-state index in [1.165, 1.54) is 24.3 Å². The molecular formula is C58H40Cl4N6O8. The second kappa shape index (κ2) is 22.8. The van der Waals surface area contributed by atoms with Crippen molar-refractivity contribution >= 4 is 126 Å². The number of hydrogen-bond acceptors (Lipinski definition) is 12. The van der Waals surface area contributed by atoms with Gasteiger partial charge in [-0.05, 0) is 120 Å². The molecule has 0 aliphatic rings. The van der Waals surface area contributed by atoms with E-state index in [-0.39, 0.29) is 65.2 Å². The number of rotatable bonds is 14. The number of phenolic OH excluding ortho intramolecular Hbond substituents is 2. The number of nitrogens with one attached hydrogen (secondary N) is 2. The first-order valence-corrected chi connectivity index (χ1v) is 24.9. The first-order chi connectivity index (χ1) is 36.7. The Bertz CT molecular complexity index is 3620. The summed E-state index contributed by atoms with van der Waals surface area (Å²) in [6.07, 6.45) is 0.730. The highest BCUT2D eigenvalue weighted by atomic mass is 35.5. The molecule has 0 radical (unpaired) electrons. The van der Waals surface area contributed by atoms with Crippen molar-refractivity contribution in [2.45, 2.75) is 26.7 Å². The van der Waals surface area contributed by atoms with Crippen LogP contribution in [-0.2, 0) is 12.8 Å². The van der Waals surface area contributed by atoms with Crippen LogP contribution >= 0.6 is 46.4 Å². The highest BCUT2D eigenvalue weighted by Gasteiger charge is 2.24. The van der Waals surface area contributed by atoms with E-state index in [2.05, 4.69) is 31.1 Å². The van der Waals surface area contributed by atoms with Crippen molar-refractivity contribution in [2.75, 3.05) is 10.6 Å². The molecule has 9 rings (SSSR count). The number of benzene rings is 9. The van der Waals surface area contributed by atoms with Crippen molar-refractivity contribution < 1.29 is 38.9 Å². The third-order valence-corrected chi connectivity index (χ3v) is 13.7. The quantitative estimate of drug-likeness (QED) is 0.0468. The fraction of sp³-hybridized carbons (Fsp3) is 0.0690. The van der Waals surface area contributed by atoms with Gasteiger partial charge in [0, 0.05) is 22.1 Å². The normalized spacial score (nSPS) is 11.3. The summed E-state index contributed by atoms with van der Waals surface area (Å²) in [5.41, 5.74) is 2.60. The summed E-state index contributed by atoms with van der Waals surface area (Å²) in [7, 11) is 0. The molecule has 9 aromatic carbocycles. The summed E-state index contributed by atoms with van der Waals surface area (Å²) in [4.78, 5) is 54.6. The van der Waals surface area contributed by atoms with Crippen molar-refractivity contribution in [3.8, 4) is 23.0 Å². The van der Waals surface area contributed by atoms with Crippen LogP contribution in [-0.4, -0.2) is 34.0 Å². The standard InChI is InChI=1S/C58H40Cl4N6O8/c1-3-35-39(57(73)75-47-23-11-19-43(59)49(47)61)17-9-21-45(35)65-67-51-37-15-7-5-13-31(37)29-41(53(51)69)55(71)63-33-25-27-34(28-26-33)64-56(72)42-30-32-14-6-8-16-38(32)52(54(42)70)68-66-46-22-10-18-40(36(46)4-2)58(74)76-48-24-12-20-44(60)50(48)62/h5-30,69-70H,3-4H2,1-2H3,(H,63,71)(H,64,72). The second-order valence-corrected chi connectivity index (χ2v) is 18.3. The molecule has 0 aliphatic carbocycles. The van der Waals surface area contributed by atoms with Crippen LogP contribution in [0.1, 0.15) is 66.4 Å². The molecule has 14 nitrogen and oxygen atoms in total. The number of phenols is 2. The first kappa shape index (κ1) is 52.2. The lowest BCUT2D eigenvalue weighted by atomic mass is 10.0. The Balaban J connectivity index is 0.928. The predicted molar refractivity (Wildman–Crippen MR) is 296 cm³/mol. The zero-order valence-electron chi connectivity index (χ0n) is 40.1. The van der Waals surface area contributed by atoms with Crippen molar-refractivity contribution in [3.05, 3.63) is 211 Å². The van der Waals surface area contributed by atoms with E-state index >= 15 is 0 Å². The lowest BCUT2D eigenvalue weighted by molar-refractivity contribution is 0.0724. The van der Waals surface area contributed by atoms with Gasteiger partial charge in [0.05, 0.1) is 43.7 Å². The van der Waals surface area contributed by atoms with Gasteiger partial charge in [-0.25, -0.2) is 9.59 Å². The number of azo groups is 2. The van der Waals surface area contributed by atoms with E-state index in [9.17, 15) is 29.4 Å². The van der Waals surface area contributed by atoms with Crippen LogP contribution in [0.5, 0.6) is 23.0 Å². The summed E-state index contributed by atoms with van der Waals surface area (Å²) in [6.45, 7) is 3.68. The number of aromatic hydroxyl groups is 2. The van der Waals surface area contributed by atoms with Crippen molar-refractivity contribution in [1.82, 2.24) is 0 Å². The van der Waals surface area contributed by atoms with E-state index in [1.54, 1.807) is 133 Å². The van der Waals surface area contributed by atoms with Gasteiger partial charge in [0.15, 0.2) is 23.0 Å². The Labute approximate surface area is 454 Å². The molecule has 9 aromatic rings. The molecule has 0 saturated heterocycles. The molecule has 2 amide bonds. The maximum Gasteiger partial charge on any atom is 0.343 e. The Morgan fingerprint density at radius 2 is 0.842 bits per heavy atom. The number of hydrogen-bond donors (Lipinski definition) is 4. The van der Waals surface area contributed by atoms with Gasteiger partial charge in [-0.1, -0.05) is 133 Å². The zero-order valence-corrected chi connectivity index (χ0v) is 43.1. The minimum Gasteiger partial charge on any atom is -0.505 e. The third-order valence-electron chi connectivity index (χ3n) is 12.1. The highest BCUT2D eigenvalue weighted by molar-refractivity contribution is 6.43. The van der Waals surface area contributed by atoms with Crippen LogP contribution in [0.25, 0.3) is 21.5 Å². The first-order valence-electron chi connectivity index (χ1n) is 23.4. The smallest absolute Gasteiger partial charge is 0.343 e. The maximum absolute atomic E-state index is 13.9. The predicted octanol–water partition coefficient (Wildman–Crippen LogP) is 16.9. The fourth-order valence-electron chi connectivity index (χ4n) is 8.32. The Kier molecular flexibility index (Phi) is 15.7.